The van der Waals surface area contributed by atoms with Crippen molar-refractivity contribution in [2.24, 2.45) is 5.92 Å². The molecule has 2 aliphatic heterocycles. The molecule has 3 fully saturated rings. The van der Waals surface area contributed by atoms with E-state index in [4.69, 9.17) is 0 Å². The zero-order chi connectivity index (χ0) is 25.1. The lowest BCUT2D eigenvalue weighted by Crippen LogP contribution is -2.50. The second kappa shape index (κ2) is 10.7. The van der Waals surface area contributed by atoms with E-state index < -0.39 is 0 Å². The molecule has 2 heterocycles. The highest BCUT2D eigenvalue weighted by Crippen LogP contribution is 2.32. The predicted molar refractivity (Wildman–Crippen MR) is 141 cm³/mol. The molecule has 0 bridgehead atoms. The van der Waals surface area contributed by atoms with Crippen molar-refractivity contribution in [1.29, 1.82) is 0 Å². The number of hydrogen-bond acceptors (Lipinski definition) is 4. The van der Waals surface area contributed by atoms with Crippen LogP contribution in [-0.4, -0.2) is 66.8 Å². The van der Waals surface area contributed by atoms with E-state index in [1.807, 2.05) is 58.3 Å². The Morgan fingerprint density at radius 3 is 2.22 bits per heavy atom. The van der Waals surface area contributed by atoms with Crippen molar-refractivity contribution >= 4 is 29.1 Å². The normalized spacial score (nSPS) is 18.8. The highest BCUT2D eigenvalue weighted by Gasteiger charge is 2.32. The van der Waals surface area contributed by atoms with Gasteiger partial charge in [0, 0.05) is 56.6 Å². The molecule has 3 aliphatic rings. The van der Waals surface area contributed by atoms with Crippen LogP contribution in [0.25, 0.3) is 0 Å². The van der Waals surface area contributed by atoms with Gasteiger partial charge in [-0.05, 0) is 55.9 Å². The van der Waals surface area contributed by atoms with Crippen molar-refractivity contribution in [3.8, 4) is 0 Å². The van der Waals surface area contributed by atoms with Crippen LogP contribution in [-0.2, 0) is 9.59 Å². The van der Waals surface area contributed by atoms with Gasteiger partial charge in [-0.2, -0.15) is 0 Å². The van der Waals surface area contributed by atoms with Gasteiger partial charge in [-0.25, -0.2) is 0 Å². The summed E-state index contributed by atoms with van der Waals surface area (Å²) in [6, 6.07) is 15.7. The summed E-state index contributed by atoms with van der Waals surface area (Å²) in [5.74, 6) is 0.224. The maximum absolute atomic E-state index is 13.5. The van der Waals surface area contributed by atoms with Gasteiger partial charge in [0.15, 0.2) is 0 Å². The summed E-state index contributed by atoms with van der Waals surface area (Å²) in [6.45, 7) is 6.20. The molecule has 1 N–H and O–H groups in total. The summed E-state index contributed by atoms with van der Waals surface area (Å²) < 4.78 is 0. The Hall–Kier alpha value is -3.35. The second-order valence-corrected chi connectivity index (χ2v) is 10.2. The molecule has 0 radical (unpaired) electrons. The van der Waals surface area contributed by atoms with Gasteiger partial charge in [0.25, 0.3) is 5.91 Å². The third-order valence-electron chi connectivity index (χ3n) is 7.68. The van der Waals surface area contributed by atoms with E-state index in [0.29, 0.717) is 37.4 Å². The third-order valence-corrected chi connectivity index (χ3v) is 7.68. The Balaban J connectivity index is 1.31. The number of carbonyl (C=O) groups is 3. The zero-order valence-corrected chi connectivity index (χ0v) is 21.1. The largest absolute Gasteiger partial charge is 0.367 e. The van der Waals surface area contributed by atoms with E-state index in [1.54, 1.807) is 0 Å². The fourth-order valence-electron chi connectivity index (χ4n) is 5.37. The Morgan fingerprint density at radius 1 is 0.889 bits per heavy atom. The Kier molecular flexibility index (Phi) is 7.25. The van der Waals surface area contributed by atoms with Crippen LogP contribution >= 0.6 is 0 Å². The van der Waals surface area contributed by atoms with Crippen LogP contribution in [0.2, 0.25) is 0 Å². The lowest BCUT2D eigenvalue weighted by atomic mass is 9.94. The number of likely N-dealkylation sites (tertiary alicyclic amines) is 1. The summed E-state index contributed by atoms with van der Waals surface area (Å²) in [5.41, 5.74) is 3.27. The fourth-order valence-corrected chi connectivity index (χ4v) is 5.37. The van der Waals surface area contributed by atoms with E-state index >= 15 is 0 Å². The summed E-state index contributed by atoms with van der Waals surface area (Å²) in [5, 5.41) is 3.00. The third kappa shape index (κ3) is 5.25. The molecular formula is C29H36N4O3. The van der Waals surface area contributed by atoms with Gasteiger partial charge in [-0.3, -0.25) is 14.4 Å². The minimum atomic E-state index is -0.126. The zero-order valence-electron chi connectivity index (χ0n) is 21.1. The van der Waals surface area contributed by atoms with Crippen LogP contribution in [0, 0.1) is 5.92 Å². The number of carbonyl (C=O) groups excluding carboxylic acids is 3. The monoisotopic (exact) mass is 488 g/mol. The molecule has 2 aromatic carbocycles. The van der Waals surface area contributed by atoms with Gasteiger partial charge < -0.3 is 20.0 Å². The summed E-state index contributed by atoms with van der Waals surface area (Å²) >= 11 is 0. The first kappa shape index (κ1) is 24.3. The minimum Gasteiger partial charge on any atom is -0.367 e. The predicted octanol–water partition coefficient (Wildman–Crippen LogP) is 4.11. The summed E-state index contributed by atoms with van der Waals surface area (Å²) in [6.07, 6.45) is 4.71. The SMILES string of the molecule is CC[C@@H](C(=O)N1CCN(c2ccc(NC(=O)C3CC3)cc2C(=O)N2CCCC2)CC1)c1ccccc1. The van der Waals surface area contributed by atoms with Gasteiger partial charge in [0.1, 0.15) is 0 Å². The quantitative estimate of drug-likeness (QED) is 0.637. The van der Waals surface area contributed by atoms with Crippen molar-refractivity contribution in [1.82, 2.24) is 9.80 Å². The second-order valence-electron chi connectivity index (χ2n) is 10.2. The molecule has 0 spiro atoms. The number of piperazine rings is 1. The molecule has 1 saturated carbocycles. The molecular weight excluding hydrogens is 452 g/mol. The Morgan fingerprint density at radius 2 is 1.58 bits per heavy atom. The molecule has 0 aromatic heterocycles. The number of amides is 3. The van der Waals surface area contributed by atoms with Crippen molar-refractivity contribution in [2.45, 2.75) is 44.9 Å². The van der Waals surface area contributed by atoms with Crippen LogP contribution in [0.5, 0.6) is 0 Å². The lowest BCUT2D eigenvalue weighted by molar-refractivity contribution is -0.133. The van der Waals surface area contributed by atoms with Crippen LogP contribution in [0.1, 0.15) is 60.9 Å². The standard InChI is InChI=1S/C29H36N4O3/c1-2-24(21-8-4-3-5-9-21)28(35)33-18-16-31(17-19-33)26-13-12-23(30-27(34)22-10-11-22)20-25(26)29(36)32-14-6-7-15-32/h3-5,8-9,12-13,20,22,24H,2,6-7,10-11,14-19H2,1H3,(H,30,34)/t24-/m1/s1. The molecule has 7 nitrogen and oxygen atoms in total. The number of nitrogens with zero attached hydrogens (tertiary/aromatic N) is 3. The van der Waals surface area contributed by atoms with E-state index in [2.05, 4.69) is 17.1 Å². The first-order chi connectivity index (χ1) is 17.5. The van der Waals surface area contributed by atoms with Crippen LogP contribution < -0.4 is 10.2 Å². The van der Waals surface area contributed by atoms with Gasteiger partial charge in [0.05, 0.1) is 11.5 Å². The molecule has 1 aliphatic carbocycles. The highest BCUT2D eigenvalue weighted by molar-refractivity contribution is 6.02. The molecule has 2 saturated heterocycles. The molecule has 2 aromatic rings. The average molecular weight is 489 g/mol. The highest BCUT2D eigenvalue weighted by atomic mass is 16.2. The molecule has 5 rings (SSSR count). The van der Waals surface area contributed by atoms with Gasteiger partial charge in [-0.15, -0.1) is 0 Å². The lowest BCUT2D eigenvalue weighted by Gasteiger charge is -2.38. The van der Waals surface area contributed by atoms with E-state index in [0.717, 1.165) is 56.4 Å². The van der Waals surface area contributed by atoms with Crippen molar-refractivity contribution < 1.29 is 14.4 Å². The Bertz CT molecular complexity index is 1100. The Labute approximate surface area is 213 Å². The van der Waals surface area contributed by atoms with Gasteiger partial charge in [-0.1, -0.05) is 37.3 Å². The first-order valence-electron chi connectivity index (χ1n) is 13.4. The molecule has 7 heteroatoms. The number of nitrogens with one attached hydrogen (secondary N) is 1. The van der Waals surface area contributed by atoms with E-state index in [-0.39, 0.29) is 29.6 Å². The number of anilines is 2. The smallest absolute Gasteiger partial charge is 0.256 e. The molecule has 3 amide bonds. The molecule has 1 atom stereocenters. The molecule has 0 unspecified atom stereocenters. The topological polar surface area (TPSA) is 73.0 Å². The first-order valence-corrected chi connectivity index (χ1v) is 13.4. The van der Waals surface area contributed by atoms with Crippen molar-refractivity contribution in [3.63, 3.8) is 0 Å². The summed E-state index contributed by atoms with van der Waals surface area (Å²) in [7, 11) is 0. The average Bonchev–Trinajstić information content (AvgIpc) is 3.63. The minimum absolute atomic E-state index is 0.0265. The van der Waals surface area contributed by atoms with Gasteiger partial charge in [0.2, 0.25) is 11.8 Å². The van der Waals surface area contributed by atoms with E-state index in [1.165, 1.54) is 0 Å². The van der Waals surface area contributed by atoms with Crippen molar-refractivity contribution in [3.05, 3.63) is 59.7 Å². The maximum Gasteiger partial charge on any atom is 0.256 e. The van der Waals surface area contributed by atoms with Crippen LogP contribution in [0.15, 0.2) is 48.5 Å². The maximum atomic E-state index is 13.5. The number of hydrogen-bond donors (Lipinski definition) is 1. The van der Waals surface area contributed by atoms with Crippen molar-refractivity contribution in [2.75, 3.05) is 49.5 Å². The van der Waals surface area contributed by atoms with Gasteiger partial charge >= 0.3 is 0 Å². The number of rotatable bonds is 7. The number of benzene rings is 2. The van der Waals surface area contributed by atoms with Crippen LogP contribution in [0.3, 0.4) is 0 Å². The summed E-state index contributed by atoms with van der Waals surface area (Å²) in [4.78, 5) is 45.2. The van der Waals surface area contributed by atoms with Crippen LogP contribution in [0.4, 0.5) is 11.4 Å². The fraction of sp³-hybridized carbons (Fsp3) is 0.483. The van der Waals surface area contributed by atoms with E-state index in [9.17, 15) is 14.4 Å². The molecule has 36 heavy (non-hydrogen) atoms. The molecule has 190 valence electrons.